The molecule has 4 nitrogen and oxygen atoms in total. The number of phosphoric acid groups is 1. The minimum Gasteiger partial charge on any atom is -1.00 e. The summed E-state index contributed by atoms with van der Waals surface area (Å²) in [6.07, 6.45) is 0. The van der Waals surface area contributed by atoms with E-state index in [4.69, 9.17) is 19.2 Å². The second-order valence-electron chi connectivity index (χ2n) is 0.513. The second kappa shape index (κ2) is 9.68. The van der Waals surface area contributed by atoms with Crippen molar-refractivity contribution in [2.45, 2.75) is 0 Å². The fraction of sp³-hybridized carbons (Fsp3) is 0. The Morgan fingerprint density at radius 2 is 1.25 bits per heavy atom. The van der Waals surface area contributed by atoms with Gasteiger partial charge in [0.2, 0.25) is 0 Å². The van der Waals surface area contributed by atoms with Crippen LogP contribution in [-0.2, 0) is 4.57 Å². The van der Waals surface area contributed by atoms with Gasteiger partial charge in [0.25, 0.3) is 0 Å². The van der Waals surface area contributed by atoms with Crippen LogP contribution in [0.3, 0.4) is 0 Å². The minimum atomic E-state index is -4.64. The predicted molar refractivity (Wildman–Crippen MR) is 19.0 cm³/mol. The normalized spacial score (nSPS) is 7.38. The Kier molecular flexibility index (Phi) is 27.1. The van der Waals surface area contributed by atoms with E-state index in [0.29, 0.717) is 0 Å². The molecule has 0 amide bonds. The zero-order chi connectivity index (χ0) is 4.50. The summed E-state index contributed by atoms with van der Waals surface area (Å²) in [5.74, 6) is 0. The van der Waals surface area contributed by atoms with Crippen LogP contribution in [0.5, 0.6) is 0 Å². The van der Waals surface area contributed by atoms with Crippen LogP contribution >= 0.6 is 7.82 Å². The first-order valence-corrected chi connectivity index (χ1v) is 2.35. The van der Waals surface area contributed by atoms with Crippen molar-refractivity contribution in [1.29, 1.82) is 0 Å². The van der Waals surface area contributed by atoms with Crippen LogP contribution in [0.15, 0.2) is 0 Å². The molecule has 0 fully saturated rings. The van der Waals surface area contributed by atoms with Gasteiger partial charge in [-0.2, -0.15) is 0 Å². The Morgan fingerprint density at radius 3 is 1.25 bits per heavy atom. The van der Waals surface area contributed by atoms with Crippen molar-refractivity contribution in [3.05, 3.63) is 0 Å². The predicted octanol–water partition coefficient (Wildman–Crippen LogP) is -6.54. The van der Waals surface area contributed by atoms with Gasteiger partial charge in [0.05, 0.1) is 0 Å². The van der Waals surface area contributed by atoms with E-state index >= 15 is 0 Å². The van der Waals surface area contributed by atoms with Gasteiger partial charge >= 0.3 is 88.8 Å². The smallest absolute Gasteiger partial charge is 1.00 e. The Labute approximate surface area is 113 Å². The van der Waals surface area contributed by atoms with E-state index < -0.39 is 7.82 Å². The third-order valence-corrected chi connectivity index (χ3v) is 0. The van der Waals surface area contributed by atoms with Gasteiger partial charge in [-0.25, -0.2) is 4.57 Å². The van der Waals surface area contributed by atoms with Crippen LogP contribution in [0.25, 0.3) is 0 Å². The molecule has 0 aromatic heterocycles. The topological polar surface area (TPSA) is 77.8 Å². The molecule has 0 bridgehead atoms. The summed E-state index contributed by atoms with van der Waals surface area (Å²) in [6.45, 7) is 0. The van der Waals surface area contributed by atoms with Gasteiger partial charge in [-0.1, -0.05) is 0 Å². The molecule has 0 radical (unpaired) electrons. The molecule has 0 saturated heterocycles. The molecule has 8 heavy (non-hydrogen) atoms. The van der Waals surface area contributed by atoms with Crippen molar-refractivity contribution in [1.82, 2.24) is 0 Å². The van der Waals surface area contributed by atoms with E-state index in [2.05, 4.69) is 0 Å². The number of hydrogen-bond acceptors (Lipinski definition) is 1. The molecule has 0 aliphatic carbocycles. The molecule has 0 atom stereocenters. The molecule has 0 aliphatic rings. The maximum Gasteiger partial charge on any atom is 1.00 e. The first-order valence-electron chi connectivity index (χ1n) is 0.783. The van der Waals surface area contributed by atoms with E-state index in [1.165, 1.54) is 0 Å². The number of halogens is 1. The zero-order valence-electron chi connectivity index (χ0n) is 6.61. The molecular formula is H6FKNaO4P. The first kappa shape index (κ1) is 22.4. The summed E-state index contributed by atoms with van der Waals surface area (Å²) in [6, 6.07) is 0. The van der Waals surface area contributed by atoms with E-state index in [1.54, 1.807) is 0 Å². The Balaban J connectivity index is -0.00000000800. The molecular weight excluding hydrogens is 176 g/mol. The summed E-state index contributed by atoms with van der Waals surface area (Å²) in [4.78, 5) is 21.6. The van der Waals surface area contributed by atoms with Crippen molar-refractivity contribution in [3.63, 3.8) is 0 Å². The van der Waals surface area contributed by atoms with Gasteiger partial charge in [0.1, 0.15) is 0 Å². The largest absolute Gasteiger partial charge is 1.00 e. The van der Waals surface area contributed by atoms with Crippen LogP contribution in [0, 0.1) is 0 Å². The molecule has 0 aromatic carbocycles. The molecule has 0 saturated carbocycles. The molecule has 3 N–H and O–H groups in total. The molecule has 8 heteroatoms. The average Bonchev–Trinajstić information content (AvgIpc) is 0.722. The Morgan fingerprint density at radius 1 is 1.25 bits per heavy atom. The van der Waals surface area contributed by atoms with Gasteiger partial charge in [-0.15, -0.1) is 0 Å². The standard InChI is InChI=1S/FH.K.Na.H3O4P.2H/c;;;1-5(2,3)4;;/h1H;;;(H3,1,2,3,4);;/q;2*+1;;2*-1. The third-order valence-electron chi connectivity index (χ3n) is 0. The van der Waals surface area contributed by atoms with Crippen LogP contribution < -0.4 is 80.9 Å². The summed E-state index contributed by atoms with van der Waals surface area (Å²) >= 11 is 0. The molecule has 0 aliphatic heterocycles. The molecule has 0 aromatic rings. The van der Waals surface area contributed by atoms with Crippen LogP contribution in [-0.4, -0.2) is 14.7 Å². The molecule has 0 spiro atoms. The molecule has 0 unspecified atom stereocenters. The summed E-state index contributed by atoms with van der Waals surface area (Å²) < 4.78 is 8.88. The maximum absolute atomic E-state index is 8.88. The van der Waals surface area contributed by atoms with E-state index in [1.807, 2.05) is 0 Å². The molecule has 44 valence electrons. The fourth-order valence-electron chi connectivity index (χ4n) is 0. The van der Waals surface area contributed by atoms with Crippen molar-refractivity contribution in [3.8, 4) is 0 Å². The van der Waals surface area contributed by atoms with Crippen molar-refractivity contribution >= 4 is 7.82 Å². The van der Waals surface area contributed by atoms with Gasteiger partial charge in [0.15, 0.2) is 0 Å². The molecule has 0 rings (SSSR count). The Hall–Kier alpha value is 2.68. The van der Waals surface area contributed by atoms with Crippen molar-refractivity contribution in [2.75, 3.05) is 0 Å². The Bertz CT molecular complexity index is 69.4. The maximum atomic E-state index is 8.88. The van der Waals surface area contributed by atoms with Crippen LogP contribution in [0.2, 0.25) is 0 Å². The zero-order valence-corrected chi connectivity index (χ0v) is 10.6. The van der Waals surface area contributed by atoms with Crippen LogP contribution in [0.4, 0.5) is 4.70 Å². The van der Waals surface area contributed by atoms with Crippen molar-refractivity contribution < 1.29 is 108 Å². The third kappa shape index (κ3) is 71.4. The van der Waals surface area contributed by atoms with Crippen molar-refractivity contribution in [2.24, 2.45) is 0 Å². The summed E-state index contributed by atoms with van der Waals surface area (Å²) in [7, 11) is -4.64. The fourth-order valence-corrected chi connectivity index (χ4v) is 0. The van der Waals surface area contributed by atoms with Gasteiger partial charge < -0.3 is 17.5 Å². The van der Waals surface area contributed by atoms with E-state index in [9.17, 15) is 0 Å². The number of rotatable bonds is 0. The average molecular weight is 182 g/mol. The SMILES string of the molecule is F.O=P(O)(O)O.[H-].[H-].[K+].[Na+]. The van der Waals surface area contributed by atoms with Gasteiger partial charge in [-0.05, 0) is 0 Å². The van der Waals surface area contributed by atoms with E-state index in [-0.39, 0.29) is 88.5 Å². The van der Waals surface area contributed by atoms with E-state index in [0.717, 1.165) is 0 Å². The minimum absolute atomic E-state index is 0. The first-order chi connectivity index (χ1) is 2.00. The summed E-state index contributed by atoms with van der Waals surface area (Å²) in [5.41, 5.74) is 0. The monoisotopic (exact) mass is 182 g/mol. The van der Waals surface area contributed by atoms with Crippen LogP contribution in [0.1, 0.15) is 2.85 Å². The number of hydrogen-bond donors (Lipinski definition) is 3. The second-order valence-corrected chi connectivity index (χ2v) is 1.54. The van der Waals surface area contributed by atoms with Gasteiger partial charge in [-0.3, -0.25) is 4.70 Å². The molecule has 0 heterocycles. The quantitative estimate of drug-likeness (QED) is 0.257. The van der Waals surface area contributed by atoms with Gasteiger partial charge in [0, 0.05) is 0 Å². The summed E-state index contributed by atoms with van der Waals surface area (Å²) in [5, 5.41) is 0.